The Morgan fingerprint density at radius 2 is 1.95 bits per heavy atom. The van der Waals surface area contributed by atoms with Crippen LogP contribution in [0.1, 0.15) is 43.3 Å². The molecule has 0 saturated carbocycles. The molecule has 0 radical (unpaired) electrons. The van der Waals surface area contributed by atoms with Gasteiger partial charge in [0.15, 0.2) is 0 Å². The fraction of sp³-hybridized carbons (Fsp3) is 0.467. The molecule has 0 fully saturated rings. The monoisotopic (exact) mass is 327 g/mol. The Kier molecular flexibility index (Phi) is 7.22. The Morgan fingerprint density at radius 3 is 2.62 bits per heavy atom. The minimum absolute atomic E-state index is 0. The van der Waals surface area contributed by atoms with Crippen molar-refractivity contribution in [1.82, 2.24) is 10.2 Å². The molecule has 2 N–H and O–H groups in total. The molecular formula is C15H22ClN3OS. The van der Waals surface area contributed by atoms with E-state index < -0.39 is 0 Å². The number of hydrogen-bond donors (Lipinski definition) is 1. The second-order valence-corrected chi connectivity index (χ2v) is 6.28. The zero-order chi connectivity index (χ0) is 14.5. The lowest BCUT2D eigenvalue weighted by Crippen LogP contribution is -2.13. The summed E-state index contributed by atoms with van der Waals surface area (Å²) < 4.78 is 5.62. The minimum Gasteiger partial charge on any atom is -0.414 e. The van der Waals surface area contributed by atoms with Gasteiger partial charge in [0.25, 0.3) is 5.22 Å². The van der Waals surface area contributed by atoms with E-state index in [4.69, 9.17) is 10.2 Å². The van der Waals surface area contributed by atoms with Crippen molar-refractivity contribution < 1.29 is 4.42 Å². The van der Waals surface area contributed by atoms with Crippen molar-refractivity contribution in [3.05, 3.63) is 41.3 Å². The van der Waals surface area contributed by atoms with Crippen molar-refractivity contribution in [2.75, 3.05) is 0 Å². The number of nitrogens with zero attached hydrogens (tertiary/aromatic N) is 2. The molecule has 1 aromatic heterocycles. The molecule has 6 heteroatoms. The zero-order valence-corrected chi connectivity index (χ0v) is 14.2. The molecule has 4 nitrogen and oxygen atoms in total. The topological polar surface area (TPSA) is 64.9 Å². The van der Waals surface area contributed by atoms with Crippen LogP contribution < -0.4 is 5.73 Å². The zero-order valence-electron chi connectivity index (χ0n) is 12.6. The minimum atomic E-state index is -0.171. The number of benzene rings is 1. The van der Waals surface area contributed by atoms with Crippen molar-refractivity contribution in [3.8, 4) is 0 Å². The molecule has 0 aliphatic carbocycles. The number of rotatable bonds is 6. The Hall–Kier alpha value is -1.04. The van der Waals surface area contributed by atoms with Crippen molar-refractivity contribution in [3.63, 3.8) is 0 Å². The Bertz CT molecular complexity index is 559. The van der Waals surface area contributed by atoms with Gasteiger partial charge in [0.2, 0.25) is 5.89 Å². The van der Waals surface area contributed by atoms with Gasteiger partial charge < -0.3 is 10.2 Å². The van der Waals surface area contributed by atoms with Crippen LogP contribution >= 0.6 is 24.2 Å². The summed E-state index contributed by atoms with van der Waals surface area (Å²) in [6.45, 7) is 6.36. The van der Waals surface area contributed by atoms with Crippen LogP contribution in [0.2, 0.25) is 0 Å². The van der Waals surface area contributed by atoms with Crippen LogP contribution in [-0.2, 0) is 5.75 Å². The van der Waals surface area contributed by atoms with Crippen LogP contribution in [0.5, 0.6) is 0 Å². The lowest BCUT2D eigenvalue weighted by molar-refractivity contribution is 0.361. The first kappa shape index (κ1) is 18.0. The van der Waals surface area contributed by atoms with Gasteiger partial charge in [-0.1, -0.05) is 49.9 Å². The maximum absolute atomic E-state index is 6.04. The molecule has 21 heavy (non-hydrogen) atoms. The molecule has 0 bridgehead atoms. The highest BCUT2D eigenvalue weighted by Crippen LogP contribution is 2.25. The molecule has 0 unspecified atom stereocenters. The third kappa shape index (κ3) is 5.34. The van der Waals surface area contributed by atoms with Crippen LogP contribution in [0, 0.1) is 12.8 Å². The molecular weight excluding hydrogens is 306 g/mol. The summed E-state index contributed by atoms with van der Waals surface area (Å²) in [5, 5.41) is 8.68. The van der Waals surface area contributed by atoms with Gasteiger partial charge in [-0.25, -0.2) is 0 Å². The number of aryl methyl sites for hydroxylation is 1. The second kappa shape index (κ2) is 8.41. The fourth-order valence-corrected chi connectivity index (χ4v) is 2.79. The fourth-order valence-electron chi connectivity index (χ4n) is 1.95. The van der Waals surface area contributed by atoms with E-state index in [1.54, 1.807) is 11.8 Å². The van der Waals surface area contributed by atoms with Crippen molar-refractivity contribution >= 4 is 24.2 Å². The van der Waals surface area contributed by atoms with Gasteiger partial charge in [-0.2, -0.15) is 0 Å². The van der Waals surface area contributed by atoms with Crippen LogP contribution in [0.4, 0.5) is 0 Å². The van der Waals surface area contributed by atoms with E-state index in [0.717, 1.165) is 12.2 Å². The largest absolute Gasteiger partial charge is 0.414 e. The average molecular weight is 328 g/mol. The van der Waals surface area contributed by atoms with Gasteiger partial charge in [0, 0.05) is 5.75 Å². The molecule has 0 aliphatic heterocycles. The molecule has 0 saturated heterocycles. The third-order valence-electron chi connectivity index (χ3n) is 3.08. The van der Waals surface area contributed by atoms with Crippen LogP contribution in [-0.4, -0.2) is 10.2 Å². The molecule has 0 spiro atoms. The summed E-state index contributed by atoms with van der Waals surface area (Å²) in [6, 6.07) is 8.13. The van der Waals surface area contributed by atoms with Gasteiger partial charge in [-0.15, -0.1) is 22.6 Å². The molecule has 2 aromatic rings. The summed E-state index contributed by atoms with van der Waals surface area (Å²) >= 11 is 1.55. The number of thioether (sulfide) groups is 1. The van der Waals surface area contributed by atoms with E-state index in [2.05, 4.69) is 43.1 Å². The maximum atomic E-state index is 6.04. The number of halogens is 1. The van der Waals surface area contributed by atoms with Gasteiger partial charge >= 0.3 is 0 Å². The molecule has 116 valence electrons. The van der Waals surface area contributed by atoms with Gasteiger partial charge in [-0.3, -0.25) is 0 Å². The molecule has 1 heterocycles. The third-order valence-corrected chi connectivity index (χ3v) is 3.94. The molecule has 0 aliphatic rings. The number of aromatic nitrogens is 2. The van der Waals surface area contributed by atoms with E-state index in [1.807, 2.05) is 12.1 Å². The SMILES string of the molecule is Cc1ccccc1CSc1nnc([C@@H](N)CC(C)C)o1.Cl. The van der Waals surface area contributed by atoms with Gasteiger partial charge in [0.1, 0.15) is 0 Å². The van der Waals surface area contributed by atoms with Crippen LogP contribution in [0.3, 0.4) is 0 Å². The predicted octanol–water partition coefficient (Wildman–Crippen LogP) is 4.14. The quantitative estimate of drug-likeness (QED) is 0.808. The second-order valence-electron chi connectivity index (χ2n) is 5.36. The highest BCUT2D eigenvalue weighted by molar-refractivity contribution is 7.98. The molecule has 0 amide bonds. The van der Waals surface area contributed by atoms with Crippen molar-refractivity contribution in [2.45, 2.75) is 44.2 Å². The summed E-state index contributed by atoms with van der Waals surface area (Å²) in [5.41, 5.74) is 8.59. The number of nitrogens with two attached hydrogens (primary N) is 1. The normalized spacial score (nSPS) is 12.2. The molecule has 2 rings (SSSR count). The summed E-state index contributed by atoms with van der Waals surface area (Å²) in [6.07, 6.45) is 0.851. The Morgan fingerprint density at radius 1 is 1.24 bits per heavy atom. The Labute approximate surface area is 136 Å². The van der Waals surface area contributed by atoms with E-state index >= 15 is 0 Å². The first-order valence-corrected chi connectivity index (χ1v) is 7.81. The maximum Gasteiger partial charge on any atom is 0.276 e. The van der Waals surface area contributed by atoms with E-state index in [0.29, 0.717) is 17.0 Å². The Balaban J connectivity index is 0.00000220. The summed E-state index contributed by atoms with van der Waals surface area (Å²) in [4.78, 5) is 0. The van der Waals surface area contributed by atoms with E-state index in [-0.39, 0.29) is 18.4 Å². The van der Waals surface area contributed by atoms with E-state index in [9.17, 15) is 0 Å². The first-order chi connectivity index (χ1) is 9.56. The first-order valence-electron chi connectivity index (χ1n) is 6.82. The smallest absolute Gasteiger partial charge is 0.276 e. The lowest BCUT2D eigenvalue weighted by atomic mass is 10.1. The van der Waals surface area contributed by atoms with Gasteiger partial charge in [0.05, 0.1) is 6.04 Å². The van der Waals surface area contributed by atoms with Crippen LogP contribution in [0.15, 0.2) is 33.9 Å². The van der Waals surface area contributed by atoms with Gasteiger partial charge in [-0.05, 0) is 30.4 Å². The van der Waals surface area contributed by atoms with Crippen molar-refractivity contribution in [1.29, 1.82) is 0 Å². The summed E-state index contributed by atoms with van der Waals surface area (Å²) in [5.74, 6) is 1.87. The molecule has 1 atom stereocenters. The molecule has 1 aromatic carbocycles. The predicted molar refractivity (Wildman–Crippen MR) is 88.7 cm³/mol. The lowest BCUT2D eigenvalue weighted by Gasteiger charge is -2.08. The van der Waals surface area contributed by atoms with E-state index in [1.165, 1.54) is 11.1 Å². The highest BCUT2D eigenvalue weighted by Gasteiger charge is 2.16. The standard InChI is InChI=1S/C15H21N3OS.ClH/c1-10(2)8-13(16)14-17-18-15(19-14)20-9-12-7-5-4-6-11(12)3;/h4-7,10,13H,8-9,16H2,1-3H3;1H/t13-;/m0./s1. The number of hydrogen-bond acceptors (Lipinski definition) is 5. The highest BCUT2D eigenvalue weighted by atomic mass is 35.5. The summed E-state index contributed by atoms with van der Waals surface area (Å²) in [7, 11) is 0. The van der Waals surface area contributed by atoms with Crippen LogP contribution in [0.25, 0.3) is 0 Å². The average Bonchev–Trinajstić information content (AvgIpc) is 2.86. The van der Waals surface area contributed by atoms with Crippen molar-refractivity contribution in [2.24, 2.45) is 11.7 Å².